The van der Waals surface area contributed by atoms with E-state index >= 15 is 0 Å². The van der Waals surface area contributed by atoms with Crippen LogP contribution in [0.5, 0.6) is 0 Å². The lowest BCUT2D eigenvalue weighted by molar-refractivity contribution is 0.172. The highest BCUT2D eigenvalue weighted by atomic mass is 35.5. The Morgan fingerprint density at radius 1 is 1.24 bits per heavy atom. The first-order chi connectivity index (χ1) is 9.88. The van der Waals surface area contributed by atoms with Crippen LogP contribution in [0.4, 0.5) is 4.79 Å². The number of rotatable bonds is 3. The second-order valence-corrected chi connectivity index (χ2v) is 7.29. The van der Waals surface area contributed by atoms with Crippen LogP contribution in [0.25, 0.3) is 0 Å². The first-order valence-corrected chi connectivity index (χ1v) is 8.82. The molecule has 0 aromatic heterocycles. The molecule has 0 radical (unpaired) electrons. The SMILES string of the molecule is CS(=O)(=O)N1CCN(C(=O)NCc2ccccc2Cl)CC1. The Kier molecular flexibility index (Phi) is 5.08. The molecule has 1 aliphatic rings. The standard InChI is InChI=1S/C13H18ClN3O3S/c1-21(19,20)17-8-6-16(7-9-17)13(18)15-10-11-4-2-3-5-12(11)14/h2-5H,6-10H2,1H3,(H,15,18). The van der Waals surface area contributed by atoms with Gasteiger partial charge in [-0.25, -0.2) is 13.2 Å². The summed E-state index contributed by atoms with van der Waals surface area (Å²) >= 11 is 6.02. The minimum atomic E-state index is -3.18. The van der Waals surface area contributed by atoms with Crippen LogP contribution in [0.3, 0.4) is 0 Å². The second kappa shape index (κ2) is 6.64. The fourth-order valence-corrected chi connectivity index (χ4v) is 3.18. The van der Waals surface area contributed by atoms with Gasteiger partial charge in [-0.05, 0) is 11.6 Å². The van der Waals surface area contributed by atoms with E-state index in [0.29, 0.717) is 37.7 Å². The minimum absolute atomic E-state index is 0.205. The molecule has 2 amide bonds. The number of nitrogens with one attached hydrogen (secondary N) is 1. The number of carbonyl (C=O) groups is 1. The molecule has 0 aliphatic carbocycles. The predicted molar refractivity (Wildman–Crippen MR) is 81.7 cm³/mol. The molecule has 0 spiro atoms. The Morgan fingerprint density at radius 3 is 2.43 bits per heavy atom. The number of carbonyl (C=O) groups excluding carboxylic acids is 1. The van der Waals surface area contributed by atoms with Crippen molar-refractivity contribution in [3.63, 3.8) is 0 Å². The molecule has 0 saturated carbocycles. The lowest BCUT2D eigenvalue weighted by atomic mass is 10.2. The van der Waals surface area contributed by atoms with Crippen LogP contribution in [0.1, 0.15) is 5.56 Å². The number of nitrogens with zero attached hydrogens (tertiary/aromatic N) is 2. The first kappa shape index (κ1) is 16.1. The van der Waals surface area contributed by atoms with E-state index in [1.165, 1.54) is 10.6 Å². The summed E-state index contributed by atoms with van der Waals surface area (Å²) in [6.07, 6.45) is 1.18. The molecule has 6 nitrogen and oxygen atoms in total. The monoisotopic (exact) mass is 331 g/mol. The number of benzene rings is 1. The maximum Gasteiger partial charge on any atom is 0.317 e. The van der Waals surface area contributed by atoms with Crippen molar-refractivity contribution in [3.05, 3.63) is 34.9 Å². The zero-order valence-electron chi connectivity index (χ0n) is 11.8. The molecule has 0 bridgehead atoms. The zero-order chi connectivity index (χ0) is 15.5. The van der Waals surface area contributed by atoms with Crippen LogP contribution in [0.2, 0.25) is 5.02 Å². The maximum absolute atomic E-state index is 12.0. The highest BCUT2D eigenvalue weighted by Crippen LogP contribution is 2.14. The molecule has 1 saturated heterocycles. The highest BCUT2D eigenvalue weighted by molar-refractivity contribution is 7.88. The van der Waals surface area contributed by atoms with E-state index in [1.807, 2.05) is 18.2 Å². The molecule has 116 valence electrons. The molecule has 1 aromatic carbocycles. The predicted octanol–water partition coefficient (Wildman–Crippen LogP) is 1.13. The summed E-state index contributed by atoms with van der Waals surface area (Å²) < 4.78 is 24.2. The van der Waals surface area contributed by atoms with E-state index in [1.54, 1.807) is 11.0 Å². The lowest BCUT2D eigenvalue weighted by Gasteiger charge is -2.33. The van der Waals surface area contributed by atoms with Gasteiger partial charge in [0.05, 0.1) is 6.26 Å². The Balaban J connectivity index is 1.84. The van der Waals surface area contributed by atoms with Crippen LogP contribution in [0, 0.1) is 0 Å². The normalized spacial score (nSPS) is 16.8. The van der Waals surface area contributed by atoms with Crippen LogP contribution in [0.15, 0.2) is 24.3 Å². The molecule has 1 aliphatic heterocycles. The molecule has 2 rings (SSSR count). The van der Waals surface area contributed by atoms with Crippen LogP contribution in [-0.4, -0.2) is 56.1 Å². The molecular weight excluding hydrogens is 314 g/mol. The van der Waals surface area contributed by atoms with Crippen molar-refractivity contribution in [1.29, 1.82) is 0 Å². The summed E-state index contributed by atoms with van der Waals surface area (Å²) in [4.78, 5) is 13.7. The molecule has 21 heavy (non-hydrogen) atoms. The molecule has 1 aromatic rings. The number of hydrogen-bond acceptors (Lipinski definition) is 3. The van der Waals surface area contributed by atoms with E-state index in [2.05, 4.69) is 5.32 Å². The number of halogens is 1. The molecule has 1 fully saturated rings. The summed E-state index contributed by atoms with van der Waals surface area (Å²) in [6.45, 7) is 1.80. The fourth-order valence-electron chi connectivity index (χ4n) is 2.15. The van der Waals surface area contributed by atoms with Gasteiger partial charge in [-0.3, -0.25) is 0 Å². The zero-order valence-corrected chi connectivity index (χ0v) is 13.3. The van der Waals surface area contributed by atoms with Gasteiger partial charge in [0.1, 0.15) is 0 Å². The quantitative estimate of drug-likeness (QED) is 0.902. The van der Waals surface area contributed by atoms with Crippen LogP contribution in [-0.2, 0) is 16.6 Å². The van der Waals surface area contributed by atoms with E-state index in [4.69, 9.17) is 11.6 Å². The van der Waals surface area contributed by atoms with Crippen LogP contribution < -0.4 is 5.32 Å². The van der Waals surface area contributed by atoms with Crippen molar-refractivity contribution in [2.24, 2.45) is 0 Å². The molecule has 0 atom stereocenters. The van der Waals surface area contributed by atoms with Gasteiger partial charge in [-0.2, -0.15) is 4.31 Å². The Morgan fingerprint density at radius 2 is 1.86 bits per heavy atom. The van der Waals surface area contributed by atoms with Crippen LogP contribution >= 0.6 is 11.6 Å². The van der Waals surface area contributed by atoms with E-state index in [-0.39, 0.29) is 6.03 Å². The fraction of sp³-hybridized carbons (Fsp3) is 0.462. The number of urea groups is 1. The molecule has 1 N–H and O–H groups in total. The summed E-state index contributed by atoms with van der Waals surface area (Å²) in [5, 5.41) is 3.41. The largest absolute Gasteiger partial charge is 0.334 e. The van der Waals surface area contributed by atoms with Crippen molar-refractivity contribution >= 4 is 27.7 Å². The van der Waals surface area contributed by atoms with E-state index in [9.17, 15) is 13.2 Å². The maximum atomic E-state index is 12.0. The van der Waals surface area contributed by atoms with Crippen molar-refractivity contribution in [2.75, 3.05) is 32.4 Å². The van der Waals surface area contributed by atoms with E-state index < -0.39 is 10.0 Å². The molecular formula is C13H18ClN3O3S. The Bertz CT molecular complexity index is 613. The number of amides is 2. The topological polar surface area (TPSA) is 69.7 Å². The van der Waals surface area contributed by atoms with Crippen molar-refractivity contribution in [2.45, 2.75) is 6.54 Å². The van der Waals surface area contributed by atoms with Crippen molar-refractivity contribution in [1.82, 2.24) is 14.5 Å². The first-order valence-electron chi connectivity index (χ1n) is 6.59. The number of piperazine rings is 1. The Hall–Kier alpha value is -1.31. The number of hydrogen-bond donors (Lipinski definition) is 1. The summed E-state index contributed by atoms with van der Waals surface area (Å²) in [5.41, 5.74) is 0.849. The summed E-state index contributed by atoms with van der Waals surface area (Å²) in [6, 6.07) is 7.11. The number of sulfonamides is 1. The second-order valence-electron chi connectivity index (χ2n) is 4.90. The molecule has 0 unspecified atom stereocenters. The van der Waals surface area contributed by atoms with Gasteiger partial charge in [-0.1, -0.05) is 29.8 Å². The van der Waals surface area contributed by atoms with E-state index in [0.717, 1.165) is 5.56 Å². The van der Waals surface area contributed by atoms with Gasteiger partial charge in [0.2, 0.25) is 10.0 Å². The third-order valence-electron chi connectivity index (χ3n) is 3.38. The van der Waals surface area contributed by atoms with Gasteiger partial charge in [0.25, 0.3) is 0 Å². The van der Waals surface area contributed by atoms with Crippen molar-refractivity contribution in [3.8, 4) is 0 Å². The molecule has 8 heteroatoms. The van der Waals surface area contributed by atoms with Gasteiger partial charge in [-0.15, -0.1) is 0 Å². The van der Waals surface area contributed by atoms with Crippen molar-refractivity contribution < 1.29 is 13.2 Å². The minimum Gasteiger partial charge on any atom is -0.334 e. The van der Waals surface area contributed by atoms with Gasteiger partial charge in [0, 0.05) is 37.7 Å². The lowest BCUT2D eigenvalue weighted by Crippen LogP contribution is -2.52. The van der Waals surface area contributed by atoms with Gasteiger partial charge >= 0.3 is 6.03 Å². The summed E-state index contributed by atoms with van der Waals surface area (Å²) in [5.74, 6) is 0. The van der Waals surface area contributed by atoms with Gasteiger partial charge in [0.15, 0.2) is 0 Å². The summed E-state index contributed by atoms with van der Waals surface area (Å²) in [7, 11) is -3.18. The Labute approximate surface area is 129 Å². The average molecular weight is 332 g/mol. The van der Waals surface area contributed by atoms with Gasteiger partial charge < -0.3 is 10.2 Å². The third-order valence-corrected chi connectivity index (χ3v) is 5.05. The third kappa shape index (κ3) is 4.33. The average Bonchev–Trinajstić information content (AvgIpc) is 2.45. The smallest absolute Gasteiger partial charge is 0.317 e. The highest BCUT2D eigenvalue weighted by Gasteiger charge is 2.25. The molecule has 1 heterocycles.